The molecule has 0 bridgehead atoms. The minimum atomic E-state index is -0.447. The van der Waals surface area contributed by atoms with Crippen molar-refractivity contribution in [2.24, 2.45) is 0 Å². The molecule has 0 spiro atoms. The molecule has 1 aliphatic carbocycles. The first-order valence-corrected chi connectivity index (χ1v) is 10.3. The van der Waals surface area contributed by atoms with Crippen molar-refractivity contribution in [3.05, 3.63) is 71.8 Å². The van der Waals surface area contributed by atoms with Crippen molar-refractivity contribution in [2.75, 3.05) is 0 Å². The zero-order valence-electron chi connectivity index (χ0n) is 16.6. The van der Waals surface area contributed by atoms with Crippen molar-refractivity contribution < 1.29 is 9.59 Å². The summed E-state index contributed by atoms with van der Waals surface area (Å²) in [6.07, 6.45) is 5.33. The van der Waals surface area contributed by atoms with E-state index < -0.39 is 6.04 Å². The zero-order valence-corrected chi connectivity index (χ0v) is 16.6. The summed E-state index contributed by atoms with van der Waals surface area (Å²) in [6.45, 7) is 2.43. The van der Waals surface area contributed by atoms with Gasteiger partial charge >= 0.3 is 0 Å². The van der Waals surface area contributed by atoms with E-state index in [1.807, 2.05) is 67.6 Å². The Hall–Kier alpha value is -2.62. The number of carbonyl (C=O) groups excluding carboxylic acids is 2. The Kier molecular flexibility index (Phi) is 7.24. The lowest BCUT2D eigenvalue weighted by molar-refractivity contribution is -0.141. The van der Waals surface area contributed by atoms with Gasteiger partial charge in [0.25, 0.3) is 0 Å². The van der Waals surface area contributed by atoms with Gasteiger partial charge in [-0.05, 0) is 30.4 Å². The maximum atomic E-state index is 13.2. The molecular formula is C24H30N2O2. The summed E-state index contributed by atoms with van der Waals surface area (Å²) in [5, 5.41) is 3.18. The maximum absolute atomic E-state index is 13.2. The van der Waals surface area contributed by atoms with E-state index in [9.17, 15) is 9.59 Å². The number of nitrogens with zero attached hydrogens (tertiary/aromatic N) is 1. The second-order valence-electron chi connectivity index (χ2n) is 7.58. The van der Waals surface area contributed by atoms with Gasteiger partial charge in [-0.3, -0.25) is 9.59 Å². The molecule has 148 valence electrons. The second kappa shape index (κ2) is 10.1. The molecule has 4 nitrogen and oxygen atoms in total. The van der Waals surface area contributed by atoms with Gasteiger partial charge in [0.05, 0.1) is 6.42 Å². The van der Waals surface area contributed by atoms with Crippen LogP contribution in [0.1, 0.15) is 50.2 Å². The minimum absolute atomic E-state index is 0.0107. The fraction of sp³-hybridized carbons (Fsp3) is 0.417. The Morgan fingerprint density at radius 3 is 2.11 bits per heavy atom. The normalized spacial score (nSPS) is 15.2. The molecule has 0 radical (unpaired) electrons. The Morgan fingerprint density at radius 1 is 0.964 bits per heavy atom. The summed E-state index contributed by atoms with van der Waals surface area (Å²) in [7, 11) is 0. The maximum Gasteiger partial charge on any atom is 0.243 e. The fourth-order valence-electron chi connectivity index (χ4n) is 3.94. The first kappa shape index (κ1) is 20.1. The number of benzene rings is 2. The SMILES string of the molecule is CC[C@H](C(=O)NC1CCCC1)N(Cc1ccccc1)C(=O)Cc1ccccc1. The van der Waals surface area contributed by atoms with Crippen molar-refractivity contribution in [3.8, 4) is 0 Å². The average molecular weight is 379 g/mol. The third-order valence-electron chi connectivity index (χ3n) is 5.48. The molecule has 0 saturated heterocycles. The largest absolute Gasteiger partial charge is 0.352 e. The molecule has 2 amide bonds. The summed E-state index contributed by atoms with van der Waals surface area (Å²) < 4.78 is 0. The molecule has 1 aliphatic rings. The summed E-state index contributed by atoms with van der Waals surface area (Å²) in [5.74, 6) is -0.0322. The molecule has 2 aromatic rings. The zero-order chi connectivity index (χ0) is 19.8. The summed E-state index contributed by atoms with van der Waals surface area (Å²) >= 11 is 0. The molecule has 2 aromatic carbocycles. The number of carbonyl (C=O) groups is 2. The van der Waals surface area contributed by atoms with Crippen LogP contribution in [0.25, 0.3) is 0 Å². The van der Waals surface area contributed by atoms with E-state index in [-0.39, 0.29) is 17.9 Å². The van der Waals surface area contributed by atoms with E-state index in [1.165, 1.54) is 12.8 Å². The second-order valence-corrected chi connectivity index (χ2v) is 7.58. The Labute approximate surface area is 167 Å². The van der Waals surface area contributed by atoms with E-state index in [4.69, 9.17) is 0 Å². The molecule has 1 N–H and O–H groups in total. The molecule has 0 aliphatic heterocycles. The highest BCUT2D eigenvalue weighted by molar-refractivity contribution is 5.88. The molecule has 3 rings (SSSR count). The third kappa shape index (κ3) is 5.44. The first-order chi connectivity index (χ1) is 13.7. The number of amides is 2. The van der Waals surface area contributed by atoms with Crippen LogP contribution >= 0.6 is 0 Å². The molecule has 1 fully saturated rings. The molecule has 0 unspecified atom stereocenters. The van der Waals surface area contributed by atoms with Crippen LogP contribution in [0.4, 0.5) is 0 Å². The van der Waals surface area contributed by atoms with Crippen LogP contribution in [0.2, 0.25) is 0 Å². The predicted octanol–water partition coefficient (Wildman–Crippen LogP) is 4.10. The molecule has 0 aromatic heterocycles. The molecular weight excluding hydrogens is 348 g/mol. The minimum Gasteiger partial charge on any atom is -0.352 e. The summed E-state index contributed by atoms with van der Waals surface area (Å²) in [6, 6.07) is 19.4. The van der Waals surface area contributed by atoms with Crippen molar-refractivity contribution in [2.45, 2.75) is 64.1 Å². The first-order valence-electron chi connectivity index (χ1n) is 10.3. The van der Waals surface area contributed by atoms with E-state index in [1.54, 1.807) is 4.90 Å². The highest BCUT2D eigenvalue weighted by Crippen LogP contribution is 2.19. The van der Waals surface area contributed by atoms with E-state index in [2.05, 4.69) is 5.32 Å². The number of hydrogen-bond donors (Lipinski definition) is 1. The van der Waals surface area contributed by atoms with Gasteiger partial charge < -0.3 is 10.2 Å². The Balaban J connectivity index is 1.78. The highest BCUT2D eigenvalue weighted by atomic mass is 16.2. The van der Waals surface area contributed by atoms with Crippen LogP contribution in [0, 0.1) is 0 Å². The van der Waals surface area contributed by atoms with Gasteiger partial charge in [0.1, 0.15) is 6.04 Å². The summed E-state index contributed by atoms with van der Waals surface area (Å²) in [5.41, 5.74) is 2.01. The highest BCUT2D eigenvalue weighted by Gasteiger charge is 2.30. The van der Waals surface area contributed by atoms with E-state index in [0.29, 0.717) is 19.4 Å². The average Bonchev–Trinajstić information content (AvgIpc) is 3.22. The fourth-order valence-corrected chi connectivity index (χ4v) is 3.94. The van der Waals surface area contributed by atoms with Crippen LogP contribution in [0.15, 0.2) is 60.7 Å². The molecule has 0 heterocycles. The van der Waals surface area contributed by atoms with Crippen LogP contribution < -0.4 is 5.32 Å². The van der Waals surface area contributed by atoms with Gasteiger partial charge in [-0.25, -0.2) is 0 Å². The lowest BCUT2D eigenvalue weighted by Crippen LogP contribution is -2.51. The van der Waals surface area contributed by atoms with Crippen molar-refractivity contribution in [3.63, 3.8) is 0 Å². The van der Waals surface area contributed by atoms with Crippen molar-refractivity contribution >= 4 is 11.8 Å². The number of nitrogens with one attached hydrogen (secondary N) is 1. The Morgan fingerprint density at radius 2 is 1.54 bits per heavy atom. The van der Waals surface area contributed by atoms with Crippen LogP contribution in [0.3, 0.4) is 0 Å². The Bertz CT molecular complexity index is 755. The van der Waals surface area contributed by atoms with Crippen LogP contribution in [-0.4, -0.2) is 28.8 Å². The van der Waals surface area contributed by atoms with E-state index >= 15 is 0 Å². The van der Waals surface area contributed by atoms with Crippen LogP contribution in [-0.2, 0) is 22.6 Å². The molecule has 1 atom stereocenters. The van der Waals surface area contributed by atoms with Crippen molar-refractivity contribution in [1.29, 1.82) is 0 Å². The van der Waals surface area contributed by atoms with E-state index in [0.717, 1.165) is 24.0 Å². The van der Waals surface area contributed by atoms with Crippen LogP contribution in [0.5, 0.6) is 0 Å². The smallest absolute Gasteiger partial charge is 0.243 e. The molecule has 1 saturated carbocycles. The molecule has 4 heteroatoms. The monoisotopic (exact) mass is 378 g/mol. The van der Waals surface area contributed by atoms with Gasteiger partial charge in [0, 0.05) is 12.6 Å². The lowest BCUT2D eigenvalue weighted by atomic mass is 10.1. The lowest BCUT2D eigenvalue weighted by Gasteiger charge is -2.31. The topological polar surface area (TPSA) is 49.4 Å². The van der Waals surface area contributed by atoms with Gasteiger partial charge in [0.2, 0.25) is 11.8 Å². The standard InChI is InChI=1S/C24H30N2O2/c1-2-22(24(28)25-21-15-9-10-16-21)26(18-20-13-7-4-8-14-20)23(27)17-19-11-5-3-6-12-19/h3-8,11-14,21-22H,2,9-10,15-18H2,1H3,(H,25,28)/t22-/m1/s1. The van der Waals surface area contributed by atoms with Crippen molar-refractivity contribution in [1.82, 2.24) is 10.2 Å². The third-order valence-corrected chi connectivity index (χ3v) is 5.48. The van der Waals surface area contributed by atoms with Gasteiger partial charge in [0.15, 0.2) is 0 Å². The number of rotatable bonds is 8. The van der Waals surface area contributed by atoms with Gasteiger partial charge in [-0.2, -0.15) is 0 Å². The van der Waals surface area contributed by atoms with Gasteiger partial charge in [-0.15, -0.1) is 0 Å². The van der Waals surface area contributed by atoms with Gasteiger partial charge in [-0.1, -0.05) is 80.4 Å². The number of hydrogen-bond acceptors (Lipinski definition) is 2. The summed E-state index contributed by atoms with van der Waals surface area (Å²) in [4.78, 5) is 28.0. The molecule has 28 heavy (non-hydrogen) atoms. The predicted molar refractivity (Wildman–Crippen MR) is 112 cm³/mol. The quantitative estimate of drug-likeness (QED) is 0.752.